The molecule has 0 spiro atoms. The summed E-state index contributed by atoms with van der Waals surface area (Å²) in [5.74, 6) is 0.0476. The lowest BCUT2D eigenvalue weighted by Gasteiger charge is -2.27. The molecule has 25 heavy (non-hydrogen) atoms. The third kappa shape index (κ3) is 3.10. The number of nitrogens with zero attached hydrogens (tertiary/aromatic N) is 3. The number of rotatable bonds is 2. The van der Waals surface area contributed by atoms with E-state index in [0.717, 1.165) is 27.7 Å². The van der Waals surface area contributed by atoms with Gasteiger partial charge in [0.2, 0.25) is 0 Å². The van der Waals surface area contributed by atoms with E-state index in [0.29, 0.717) is 31.9 Å². The van der Waals surface area contributed by atoms with Crippen molar-refractivity contribution < 1.29 is 9.53 Å². The Bertz CT molecular complexity index is 919. The van der Waals surface area contributed by atoms with Gasteiger partial charge in [-0.05, 0) is 54.4 Å². The first-order valence-electron chi connectivity index (χ1n) is 8.41. The molecule has 1 aromatic carbocycles. The molecule has 1 saturated heterocycles. The number of fused-ring (bicyclic) bond motifs is 1. The second kappa shape index (κ2) is 6.61. The molecule has 1 aliphatic heterocycles. The maximum absolute atomic E-state index is 12.8. The molecule has 0 aliphatic carbocycles. The van der Waals surface area contributed by atoms with Crippen molar-refractivity contribution in [2.45, 2.75) is 6.92 Å². The van der Waals surface area contributed by atoms with Gasteiger partial charge in [0.05, 0.1) is 18.7 Å². The van der Waals surface area contributed by atoms with Crippen molar-refractivity contribution in [3.05, 3.63) is 60.0 Å². The lowest BCUT2D eigenvalue weighted by Crippen LogP contribution is -2.40. The standard InChI is InChI=1S/C20H19N3O2/c1-14-12-17(15-4-6-21-7-5-15)18-13-16(2-3-19(18)22-14)20(24)23-8-10-25-11-9-23/h2-7,12-13H,8-11H2,1H3. The second-order valence-electron chi connectivity index (χ2n) is 6.18. The minimum atomic E-state index is 0.0476. The highest BCUT2D eigenvalue weighted by atomic mass is 16.5. The summed E-state index contributed by atoms with van der Waals surface area (Å²) < 4.78 is 5.34. The van der Waals surface area contributed by atoms with Crippen LogP contribution in [0.1, 0.15) is 16.1 Å². The van der Waals surface area contributed by atoms with Crippen molar-refractivity contribution >= 4 is 16.8 Å². The maximum Gasteiger partial charge on any atom is 0.254 e. The van der Waals surface area contributed by atoms with Crippen molar-refractivity contribution in [1.82, 2.24) is 14.9 Å². The zero-order chi connectivity index (χ0) is 17.2. The minimum Gasteiger partial charge on any atom is -0.378 e. The molecule has 0 atom stereocenters. The third-order valence-corrected chi connectivity index (χ3v) is 4.47. The molecular formula is C20H19N3O2. The van der Waals surface area contributed by atoms with Crippen LogP contribution in [0.25, 0.3) is 22.0 Å². The van der Waals surface area contributed by atoms with Crippen LogP contribution in [0.15, 0.2) is 48.8 Å². The molecular weight excluding hydrogens is 314 g/mol. The molecule has 126 valence electrons. The van der Waals surface area contributed by atoms with Gasteiger partial charge in [-0.25, -0.2) is 0 Å². The fourth-order valence-corrected chi connectivity index (χ4v) is 3.21. The highest BCUT2D eigenvalue weighted by Gasteiger charge is 2.19. The summed E-state index contributed by atoms with van der Waals surface area (Å²) >= 11 is 0. The molecule has 0 radical (unpaired) electrons. The zero-order valence-corrected chi connectivity index (χ0v) is 14.1. The predicted octanol–water partition coefficient (Wildman–Crippen LogP) is 3.08. The van der Waals surface area contributed by atoms with Gasteiger partial charge in [0.25, 0.3) is 5.91 Å². The second-order valence-corrected chi connectivity index (χ2v) is 6.18. The Morgan fingerprint density at radius 2 is 1.84 bits per heavy atom. The van der Waals surface area contributed by atoms with Crippen LogP contribution in [0.3, 0.4) is 0 Å². The van der Waals surface area contributed by atoms with E-state index in [1.54, 1.807) is 12.4 Å². The number of ether oxygens (including phenoxy) is 1. The van der Waals surface area contributed by atoms with Gasteiger partial charge in [-0.2, -0.15) is 0 Å². The predicted molar refractivity (Wildman–Crippen MR) is 96.4 cm³/mol. The quantitative estimate of drug-likeness (QED) is 0.723. The highest BCUT2D eigenvalue weighted by Crippen LogP contribution is 2.29. The Kier molecular flexibility index (Phi) is 4.15. The van der Waals surface area contributed by atoms with Gasteiger partial charge in [-0.3, -0.25) is 14.8 Å². The van der Waals surface area contributed by atoms with Crippen LogP contribution in [-0.2, 0) is 4.74 Å². The molecule has 1 amide bonds. The summed E-state index contributed by atoms with van der Waals surface area (Å²) in [6, 6.07) is 11.8. The molecule has 3 heterocycles. The largest absolute Gasteiger partial charge is 0.378 e. The smallest absolute Gasteiger partial charge is 0.254 e. The number of hydrogen-bond acceptors (Lipinski definition) is 4. The van der Waals surface area contributed by atoms with Gasteiger partial charge in [-0.1, -0.05) is 0 Å². The summed E-state index contributed by atoms with van der Waals surface area (Å²) in [5.41, 5.74) is 4.68. The summed E-state index contributed by atoms with van der Waals surface area (Å²) in [6.45, 7) is 4.46. The van der Waals surface area contributed by atoms with Gasteiger partial charge in [-0.15, -0.1) is 0 Å². The summed E-state index contributed by atoms with van der Waals surface area (Å²) in [5, 5.41) is 0.982. The summed E-state index contributed by atoms with van der Waals surface area (Å²) in [4.78, 5) is 23.4. The molecule has 1 fully saturated rings. The number of amides is 1. The van der Waals surface area contributed by atoms with Crippen LogP contribution in [0.2, 0.25) is 0 Å². The molecule has 0 unspecified atom stereocenters. The number of aryl methyl sites for hydroxylation is 1. The molecule has 1 aliphatic rings. The first kappa shape index (κ1) is 15.7. The lowest BCUT2D eigenvalue weighted by molar-refractivity contribution is 0.0303. The first-order chi connectivity index (χ1) is 12.2. The van der Waals surface area contributed by atoms with E-state index in [4.69, 9.17) is 4.74 Å². The molecule has 2 aromatic heterocycles. The highest BCUT2D eigenvalue weighted by molar-refractivity contribution is 6.02. The average Bonchev–Trinajstić information content (AvgIpc) is 2.68. The van der Waals surface area contributed by atoms with Gasteiger partial charge in [0.1, 0.15) is 0 Å². The molecule has 0 saturated carbocycles. The van der Waals surface area contributed by atoms with Crippen LogP contribution < -0.4 is 0 Å². The average molecular weight is 333 g/mol. The summed E-state index contributed by atoms with van der Waals surface area (Å²) in [6.07, 6.45) is 3.55. The molecule has 4 rings (SSSR count). The first-order valence-corrected chi connectivity index (χ1v) is 8.41. The number of hydrogen-bond donors (Lipinski definition) is 0. The van der Waals surface area contributed by atoms with Crippen LogP contribution in [0.4, 0.5) is 0 Å². The van der Waals surface area contributed by atoms with E-state index in [1.807, 2.05) is 42.2 Å². The van der Waals surface area contributed by atoms with Crippen LogP contribution >= 0.6 is 0 Å². The van der Waals surface area contributed by atoms with Crippen LogP contribution in [-0.4, -0.2) is 47.1 Å². The molecule has 3 aromatic rings. The van der Waals surface area contributed by atoms with Crippen molar-refractivity contribution in [3.63, 3.8) is 0 Å². The topological polar surface area (TPSA) is 55.3 Å². The van der Waals surface area contributed by atoms with Crippen molar-refractivity contribution in [1.29, 1.82) is 0 Å². The molecule has 0 bridgehead atoms. The van der Waals surface area contributed by atoms with Gasteiger partial charge in [0.15, 0.2) is 0 Å². The molecule has 5 nitrogen and oxygen atoms in total. The van der Waals surface area contributed by atoms with Crippen molar-refractivity contribution in [3.8, 4) is 11.1 Å². The van der Waals surface area contributed by atoms with E-state index in [1.165, 1.54) is 0 Å². The number of pyridine rings is 2. The van der Waals surface area contributed by atoms with Gasteiger partial charge in [0, 0.05) is 42.1 Å². The molecule has 0 N–H and O–H groups in total. The van der Waals surface area contributed by atoms with Gasteiger partial charge < -0.3 is 9.64 Å². The fraction of sp³-hybridized carbons (Fsp3) is 0.250. The SMILES string of the molecule is Cc1cc(-c2ccncc2)c2cc(C(=O)N3CCOCC3)ccc2n1. The normalized spacial score (nSPS) is 14.7. The van der Waals surface area contributed by atoms with Crippen molar-refractivity contribution in [2.24, 2.45) is 0 Å². The summed E-state index contributed by atoms with van der Waals surface area (Å²) in [7, 11) is 0. The number of carbonyl (C=O) groups is 1. The Balaban J connectivity index is 1.81. The van der Waals surface area contributed by atoms with Crippen molar-refractivity contribution in [2.75, 3.05) is 26.3 Å². The fourth-order valence-electron chi connectivity index (χ4n) is 3.21. The van der Waals surface area contributed by atoms with Crippen LogP contribution in [0.5, 0.6) is 0 Å². The number of benzene rings is 1. The van der Waals surface area contributed by atoms with E-state index in [9.17, 15) is 4.79 Å². The van der Waals surface area contributed by atoms with E-state index in [-0.39, 0.29) is 5.91 Å². The Morgan fingerprint density at radius 3 is 2.60 bits per heavy atom. The Hall–Kier alpha value is -2.79. The minimum absolute atomic E-state index is 0.0476. The van der Waals surface area contributed by atoms with Gasteiger partial charge >= 0.3 is 0 Å². The lowest BCUT2D eigenvalue weighted by atomic mass is 9.99. The van der Waals surface area contributed by atoms with Crippen LogP contribution in [0, 0.1) is 6.92 Å². The van der Waals surface area contributed by atoms with E-state index < -0.39 is 0 Å². The Morgan fingerprint density at radius 1 is 1.08 bits per heavy atom. The van der Waals surface area contributed by atoms with E-state index in [2.05, 4.69) is 16.0 Å². The molecule has 5 heteroatoms. The zero-order valence-electron chi connectivity index (χ0n) is 14.1. The monoisotopic (exact) mass is 333 g/mol. The maximum atomic E-state index is 12.8. The number of morpholine rings is 1. The van der Waals surface area contributed by atoms with E-state index >= 15 is 0 Å². The number of carbonyl (C=O) groups excluding carboxylic acids is 1. The number of aromatic nitrogens is 2. The third-order valence-electron chi connectivity index (χ3n) is 4.47. The Labute approximate surface area is 146 Å².